The lowest BCUT2D eigenvalue weighted by molar-refractivity contribution is 0.121. The molecular weight excluding hydrogens is 260 g/mol. The van der Waals surface area contributed by atoms with Crippen LogP contribution in [0.4, 0.5) is 0 Å². The molecule has 1 heterocycles. The van der Waals surface area contributed by atoms with Gasteiger partial charge in [-0.15, -0.1) is 0 Å². The normalized spacial score (nSPS) is 17.3. The van der Waals surface area contributed by atoms with Crippen LogP contribution >= 0.6 is 0 Å². The van der Waals surface area contributed by atoms with Crippen LogP contribution in [0.2, 0.25) is 0 Å². The summed E-state index contributed by atoms with van der Waals surface area (Å²) in [5, 5.41) is 0. The minimum Gasteiger partial charge on any atom is -0.381 e. The minimum absolute atomic E-state index is 0.525. The summed E-state index contributed by atoms with van der Waals surface area (Å²) >= 11 is 0. The Labute approximate surface area is 133 Å². The van der Waals surface area contributed by atoms with Crippen LogP contribution in [0.1, 0.15) is 96.8 Å². The van der Waals surface area contributed by atoms with Crippen molar-refractivity contribution in [2.45, 2.75) is 103 Å². The molecule has 1 saturated heterocycles. The average Bonchev–Trinajstić information content (AvgIpc) is 3.31. The SMILES string of the molecule is CCCCCCCCCCCCCCCOCCC1CO1. The Kier molecular flexibility index (Phi) is 13.4. The van der Waals surface area contributed by atoms with Crippen LogP contribution in [0.25, 0.3) is 0 Å². The molecule has 1 fully saturated rings. The molecule has 1 atom stereocenters. The summed E-state index contributed by atoms with van der Waals surface area (Å²) in [7, 11) is 0. The molecule has 0 N–H and O–H groups in total. The molecule has 0 saturated carbocycles. The smallest absolute Gasteiger partial charge is 0.0831 e. The van der Waals surface area contributed by atoms with Gasteiger partial charge in [0.2, 0.25) is 0 Å². The van der Waals surface area contributed by atoms with Gasteiger partial charge in [-0.3, -0.25) is 0 Å². The van der Waals surface area contributed by atoms with Crippen molar-refractivity contribution in [3.63, 3.8) is 0 Å². The van der Waals surface area contributed by atoms with E-state index in [1.165, 1.54) is 83.5 Å². The van der Waals surface area contributed by atoms with Gasteiger partial charge in [0.05, 0.1) is 12.7 Å². The van der Waals surface area contributed by atoms with Crippen LogP contribution in [0.3, 0.4) is 0 Å². The van der Waals surface area contributed by atoms with E-state index >= 15 is 0 Å². The van der Waals surface area contributed by atoms with Crippen molar-refractivity contribution in [2.24, 2.45) is 0 Å². The Morgan fingerprint density at radius 3 is 1.67 bits per heavy atom. The second kappa shape index (κ2) is 14.8. The molecule has 126 valence electrons. The Bertz CT molecular complexity index is 202. The maximum absolute atomic E-state index is 5.60. The molecule has 2 heteroatoms. The number of epoxide rings is 1. The highest BCUT2D eigenvalue weighted by Gasteiger charge is 2.21. The highest BCUT2D eigenvalue weighted by atomic mass is 16.6. The van der Waals surface area contributed by atoms with Gasteiger partial charge in [-0.05, 0) is 12.8 Å². The van der Waals surface area contributed by atoms with Crippen molar-refractivity contribution in [2.75, 3.05) is 19.8 Å². The lowest BCUT2D eigenvalue weighted by atomic mass is 10.0. The van der Waals surface area contributed by atoms with E-state index < -0.39 is 0 Å². The van der Waals surface area contributed by atoms with Crippen LogP contribution in [0.5, 0.6) is 0 Å². The summed E-state index contributed by atoms with van der Waals surface area (Å²) in [4.78, 5) is 0. The van der Waals surface area contributed by atoms with Crippen LogP contribution in [-0.4, -0.2) is 25.9 Å². The first-order valence-electron chi connectivity index (χ1n) is 9.63. The minimum atomic E-state index is 0.525. The third-order valence-electron chi connectivity index (χ3n) is 4.38. The molecule has 21 heavy (non-hydrogen) atoms. The molecule has 1 rings (SSSR count). The van der Waals surface area contributed by atoms with Crippen molar-refractivity contribution in [3.8, 4) is 0 Å². The van der Waals surface area contributed by atoms with E-state index in [-0.39, 0.29) is 0 Å². The van der Waals surface area contributed by atoms with Crippen molar-refractivity contribution >= 4 is 0 Å². The Morgan fingerprint density at radius 1 is 0.714 bits per heavy atom. The maximum atomic E-state index is 5.60. The van der Waals surface area contributed by atoms with E-state index in [9.17, 15) is 0 Å². The zero-order valence-electron chi connectivity index (χ0n) is 14.4. The summed E-state index contributed by atoms with van der Waals surface area (Å²) in [6, 6.07) is 0. The molecule has 1 aliphatic heterocycles. The maximum Gasteiger partial charge on any atom is 0.0831 e. The van der Waals surface area contributed by atoms with Crippen molar-refractivity contribution in [3.05, 3.63) is 0 Å². The third kappa shape index (κ3) is 14.6. The van der Waals surface area contributed by atoms with E-state index in [0.29, 0.717) is 6.10 Å². The number of unbranched alkanes of at least 4 members (excludes halogenated alkanes) is 12. The van der Waals surface area contributed by atoms with Gasteiger partial charge >= 0.3 is 0 Å². The number of hydrogen-bond acceptors (Lipinski definition) is 2. The molecule has 0 aromatic heterocycles. The highest BCUT2D eigenvalue weighted by Crippen LogP contribution is 2.14. The zero-order chi connectivity index (χ0) is 15.0. The Morgan fingerprint density at radius 2 is 1.19 bits per heavy atom. The molecular formula is C19H38O2. The first-order valence-corrected chi connectivity index (χ1v) is 9.63. The van der Waals surface area contributed by atoms with Crippen LogP contribution in [-0.2, 0) is 9.47 Å². The van der Waals surface area contributed by atoms with Crippen molar-refractivity contribution in [1.82, 2.24) is 0 Å². The third-order valence-corrected chi connectivity index (χ3v) is 4.38. The molecule has 0 amide bonds. The fourth-order valence-electron chi connectivity index (χ4n) is 2.77. The van der Waals surface area contributed by atoms with E-state index in [1.54, 1.807) is 0 Å². The first kappa shape index (κ1) is 19.0. The second-order valence-electron chi connectivity index (χ2n) is 6.60. The van der Waals surface area contributed by atoms with Gasteiger partial charge in [-0.2, -0.15) is 0 Å². The number of rotatable bonds is 17. The molecule has 1 unspecified atom stereocenters. The molecule has 0 bridgehead atoms. The second-order valence-corrected chi connectivity index (χ2v) is 6.60. The average molecular weight is 299 g/mol. The summed E-state index contributed by atoms with van der Waals surface area (Å²) in [6.45, 7) is 5.09. The summed E-state index contributed by atoms with van der Waals surface area (Å²) < 4.78 is 10.8. The number of ether oxygens (including phenoxy) is 2. The van der Waals surface area contributed by atoms with E-state index in [1.807, 2.05) is 0 Å². The van der Waals surface area contributed by atoms with Crippen LogP contribution in [0, 0.1) is 0 Å². The summed E-state index contributed by atoms with van der Waals surface area (Å²) in [6.07, 6.45) is 20.0. The first-order chi connectivity index (χ1) is 10.4. The Hall–Kier alpha value is -0.0800. The van der Waals surface area contributed by atoms with E-state index in [2.05, 4.69) is 6.92 Å². The lowest BCUT2D eigenvalue weighted by Crippen LogP contribution is -2.00. The summed E-state index contributed by atoms with van der Waals surface area (Å²) in [5.74, 6) is 0. The number of hydrogen-bond donors (Lipinski definition) is 0. The van der Waals surface area contributed by atoms with Gasteiger partial charge in [0, 0.05) is 13.2 Å². The molecule has 0 aromatic carbocycles. The predicted molar refractivity (Wildman–Crippen MR) is 90.9 cm³/mol. The van der Waals surface area contributed by atoms with Crippen LogP contribution < -0.4 is 0 Å². The fourth-order valence-corrected chi connectivity index (χ4v) is 2.77. The fraction of sp³-hybridized carbons (Fsp3) is 1.00. The van der Waals surface area contributed by atoms with Crippen LogP contribution in [0.15, 0.2) is 0 Å². The zero-order valence-corrected chi connectivity index (χ0v) is 14.4. The molecule has 0 spiro atoms. The molecule has 0 aromatic rings. The quantitative estimate of drug-likeness (QED) is 0.247. The topological polar surface area (TPSA) is 21.8 Å². The lowest BCUT2D eigenvalue weighted by Gasteiger charge is -2.04. The van der Waals surface area contributed by atoms with Crippen molar-refractivity contribution in [1.29, 1.82) is 0 Å². The Balaban J connectivity index is 1.59. The van der Waals surface area contributed by atoms with Gasteiger partial charge in [-0.1, -0.05) is 84.0 Å². The van der Waals surface area contributed by atoms with E-state index in [4.69, 9.17) is 9.47 Å². The standard InChI is InChI=1S/C19H38O2/c1-2-3-4-5-6-7-8-9-10-11-12-13-14-16-20-17-15-19-18-21-19/h19H,2-18H2,1H3. The highest BCUT2D eigenvalue weighted by molar-refractivity contribution is 4.67. The van der Waals surface area contributed by atoms with Gasteiger partial charge in [-0.25, -0.2) is 0 Å². The molecule has 2 nitrogen and oxygen atoms in total. The molecule has 1 aliphatic rings. The molecule has 0 radical (unpaired) electrons. The summed E-state index contributed by atoms with van der Waals surface area (Å²) in [5.41, 5.74) is 0. The van der Waals surface area contributed by atoms with Gasteiger partial charge in [0.25, 0.3) is 0 Å². The van der Waals surface area contributed by atoms with E-state index in [0.717, 1.165) is 26.2 Å². The van der Waals surface area contributed by atoms with Crippen molar-refractivity contribution < 1.29 is 9.47 Å². The van der Waals surface area contributed by atoms with Gasteiger partial charge in [0.1, 0.15) is 0 Å². The monoisotopic (exact) mass is 298 g/mol. The van der Waals surface area contributed by atoms with Gasteiger partial charge in [0.15, 0.2) is 0 Å². The predicted octanol–water partition coefficient (Wildman–Crippen LogP) is 5.88. The van der Waals surface area contributed by atoms with Gasteiger partial charge < -0.3 is 9.47 Å². The largest absolute Gasteiger partial charge is 0.381 e. The molecule has 0 aliphatic carbocycles.